The number of pyridine rings is 1. The van der Waals surface area contributed by atoms with E-state index in [0.717, 1.165) is 18.4 Å². The Bertz CT molecular complexity index is 417. The first kappa shape index (κ1) is 13.1. The molecule has 0 radical (unpaired) electrons. The summed E-state index contributed by atoms with van der Waals surface area (Å²) >= 11 is 0. The Labute approximate surface area is 108 Å². The molecule has 1 aromatic rings. The third kappa shape index (κ3) is 2.89. The fourth-order valence-electron chi connectivity index (χ4n) is 2.49. The van der Waals surface area contributed by atoms with Crippen molar-refractivity contribution < 1.29 is 4.74 Å². The van der Waals surface area contributed by atoms with Gasteiger partial charge in [-0.1, -0.05) is 24.1 Å². The van der Waals surface area contributed by atoms with Crippen LogP contribution in [0.2, 0.25) is 0 Å². The lowest BCUT2D eigenvalue weighted by Gasteiger charge is -2.21. The van der Waals surface area contributed by atoms with Crippen molar-refractivity contribution in [2.24, 2.45) is 5.84 Å². The fourth-order valence-corrected chi connectivity index (χ4v) is 2.49. The summed E-state index contributed by atoms with van der Waals surface area (Å²) in [7, 11) is 1.64. The van der Waals surface area contributed by atoms with Crippen LogP contribution in [0.4, 0.5) is 0 Å². The van der Waals surface area contributed by atoms with E-state index in [1.54, 1.807) is 13.3 Å². The van der Waals surface area contributed by atoms with Gasteiger partial charge in [-0.25, -0.2) is 10.4 Å². The van der Waals surface area contributed by atoms with E-state index in [9.17, 15) is 0 Å². The molecule has 0 aliphatic heterocycles. The lowest BCUT2D eigenvalue weighted by atomic mass is 9.96. The van der Waals surface area contributed by atoms with E-state index >= 15 is 0 Å². The molecular weight excluding hydrogens is 226 g/mol. The number of aromatic nitrogens is 1. The lowest BCUT2D eigenvalue weighted by molar-refractivity contribution is 0.386. The van der Waals surface area contributed by atoms with Gasteiger partial charge >= 0.3 is 0 Å². The van der Waals surface area contributed by atoms with Crippen molar-refractivity contribution in [3.05, 3.63) is 35.5 Å². The Kier molecular flexibility index (Phi) is 4.73. The van der Waals surface area contributed by atoms with E-state index in [1.807, 2.05) is 12.1 Å². The van der Waals surface area contributed by atoms with Crippen LogP contribution in [0.25, 0.3) is 0 Å². The molecule has 0 aromatic carbocycles. The summed E-state index contributed by atoms with van der Waals surface area (Å²) in [6.45, 7) is 0. The number of ether oxygens (including phenoxy) is 1. The van der Waals surface area contributed by atoms with Gasteiger partial charge in [-0.15, -0.1) is 0 Å². The molecule has 3 N–H and O–H groups in total. The fraction of sp³-hybridized carbons (Fsp3) is 0.500. The van der Waals surface area contributed by atoms with Gasteiger partial charge in [0.15, 0.2) is 0 Å². The summed E-state index contributed by atoms with van der Waals surface area (Å²) < 4.78 is 5.32. The molecule has 1 heterocycles. The van der Waals surface area contributed by atoms with Gasteiger partial charge in [0.25, 0.3) is 0 Å². The SMILES string of the molecule is COc1ncccc1C(NN)C1=CCCCCC1. The zero-order valence-electron chi connectivity index (χ0n) is 10.9. The third-order valence-corrected chi connectivity index (χ3v) is 3.42. The second kappa shape index (κ2) is 6.52. The Hall–Kier alpha value is -1.39. The first-order valence-electron chi connectivity index (χ1n) is 6.50. The summed E-state index contributed by atoms with van der Waals surface area (Å²) in [5, 5.41) is 0. The minimum atomic E-state index is 0.00625. The number of hydrazine groups is 1. The summed E-state index contributed by atoms with van der Waals surface area (Å²) in [4.78, 5) is 4.24. The molecule has 2 rings (SSSR count). The Morgan fingerprint density at radius 3 is 3.06 bits per heavy atom. The molecule has 1 aliphatic rings. The lowest BCUT2D eigenvalue weighted by Crippen LogP contribution is -2.30. The van der Waals surface area contributed by atoms with E-state index in [2.05, 4.69) is 16.5 Å². The number of hydrogen-bond donors (Lipinski definition) is 2. The number of nitrogens with zero attached hydrogens (tertiary/aromatic N) is 1. The van der Waals surface area contributed by atoms with Crippen molar-refractivity contribution in [2.75, 3.05) is 7.11 Å². The Morgan fingerprint density at radius 1 is 1.39 bits per heavy atom. The summed E-state index contributed by atoms with van der Waals surface area (Å²) in [6.07, 6.45) is 10.1. The number of allylic oxidation sites excluding steroid dienone is 1. The van der Waals surface area contributed by atoms with Crippen molar-refractivity contribution in [2.45, 2.75) is 38.1 Å². The van der Waals surface area contributed by atoms with Crippen LogP contribution in [0.3, 0.4) is 0 Å². The first-order chi connectivity index (χ1) is 8.86. The molecule has 0 amide bonds. The number of hydrogen-bond acceptors (Lipinski definition) is 4. The van der Waals surface area contributed by atoms with Crippen LogP contribution in [0.15, 0.2) is 30.0 Å². The quantitative estimate of drug-likeness (QED) is 0.487. The van der Waals surface area contributed by atoms with Gasteiger partial charge in [0.1, 0.15) is 0 Å². The van der Waals surface area contributed by atoms with Crippen LogP contribution in [0.1, 0.15) is 43.7 Å². The molecule has 4 heteroatoms. The second-order valence-electron chi connectivity index (χ2n) is 4.58. The van der Waals surface area contributed by atoms with Crippen LogP contribution >= 0.6 is 0 Å². The maximum absolute atomic E-state index is 5.74. The predicted molar refractivity (Wildman–Crippen MR) is 72.0 cm³/mol. The topological polar surface area (TPSA) is 60.2 Å². The molecule has 1 unspecified atom stereocenters. The summed E-state index contributed by atoms with van der Waals surface area (Å²) in [5.74, 6) is 6.38. The minimum absolute atomic E-state index is 0.00625. The highest BCUT2D eigenvalue weighted by atomic mass is 16.5. The zero-order valence-corrected chi connectivity index (χ0v) is 10.9. The zero-order chi connectivity index (χ0) is 12.8. The smallest absolute Gasteiger partial charge is 0.218 e. The Balaban J connectivity index is 2.29. The minimum Gasteiger partial charge on any atom is -0.481 e. The molecule has 0 bridgehead atoms. The van der Waals surface area contributed by atoms with Gasteiger partial charge in [0.05, 0.1) is 13.2 Å². The van der Waals surface area contributed by atoms with Gasteiger partial charge in [0.2, 0.25) is 5.88 Å². The van der Waals surface area contributed by atoms with Gasteiger partial charge in [-0.2, -0.15) is 0 Å². The van der Waals surface area contributed by atoms with Gasteiger partial charge < -0.3 is 4.74 Å². The van der Waals surface area contributed by atoms with E-state index < -0.39 is 0 Å². The average Bonchev–Trinajstić information content (AvgIpc) is 2.69. The predicted octanol–water partition coefficient (Wildman–Crippen LogP) is 2.49. The van der Waals surface area contributed by atoms with Crippen LogP contribution < -0.4 is 16.0 Å². The van der Waals surface area contributed by atoms with Gasteiger partial charge in [0, 0.05) is 11.8 Å². The molecule has 1 atom stereocenters. The normalized spacial score (nSPS) is 17.8. The van der Waals surface area contributed by atoms with Crippen molar-refractivity contribution in [1.29, 1.82) is 0 Å². The van der Waals surface area contributed by atoms with Crippen molar-refractivity contribution in [3.63, 3.8) is 0 Å². The molecule has 0 saturated carbocycles. The molecular formula is C14H21N3O. The molecule has 4 nitrogen and oxygen atoms in total. The van der Waals surface area contributed by atoms with Crippen LogP contribution in [-0.4, -0.2) is 12.1 Å². The maximum atomic E-state index is 5.74. The standard InChI is InChI=1S/C14H21N3O/c1-18-14-12(9-6-10-16-14)13(17-15)11-7-4-2-3-5-8-11/h6-7,9-10,13,17H,2-5,8,15H2,1H3. The Morgan fingerprint density at radius 2 is 2.28 bits per heavy atom. The van der Waals surface area contributed by atoms with Crippen molar-refractivity contribution >= 4 is 0 Å². The van der Waals surface area contributed by atoms with Crippen LogP contribution in [0, 0.1) is 0 Å². The monoisotopic (exact) mass is 247 g/mol. The highest BCUT2D eigenvalue weighted by Crippen LogP contribution is 2.32. The highest BCUT2D eigenvalue weighted by molar-refractivity contribution is 5.35. The third-order valence-electron chi connectivity index (χ3n) is 3.42. The second-order valence-corrected chi connectivity index (χ2v) is 4.58. The molecule has 98 valence electrons. The average molecular weight is 247 g/mol. The maximum Gasteiger partial charge on any atom is 0.218 e. The molecule has 0 saturated heterocycles. The van der Waals surface area contributed by atoms with E-state index in [0.29, 0.717) is 5.88 Å². The van der Waals surface area contributed by atoms with E-state index in [4.69, 9.17) is 10.6 Å². The number of nitrogens with two attached hydrogens (primary N) is 1. The number of methoxy groups -OCH3 is 1. The number of rotatable bonds is 4. The summed E-state index contributed by atoms with van der Waals surface area (Å²) in [5.41, 5.74) is 5.26. The highest BCUT2D eigenvalue weighted by Gasteiger charge is 2.20. The summed E-state index contributed by atoms with van der Waals surface area (Å²) in [6, 6.07) is 3.94. The first-order valence-corrected chi connectivity index (χ1v) is 6.50. The molecule has 0 fully saturated rings. The molecule has 0 spiro atoms. The van der Waals surface area contributed by atoms with E-state index in [1.165, 1.54) is 24.8 Å². The van der Waals surface area contributed by atoms with Crippen LogP contribution in [-0.2, 0) is 0 Å². The van der Waals surface area contributed by atoms with Crippen molar-refractivity contribution in [1.82, 2.24) is 10.4 Å². The van der Waals surface area contributed by atoms with Crippen LogP contribution in [0.5, 0.6) is 5.88 Å². The van der Waals surface area contributed by atoms with Gasteiger partial charge in [-0.05, 0) is 31.7 Å². The van der Waals surface area contributed by atoms with E-state index in [-0.39, 0.29) is 6.04 Å². The number of nitrogens with one attached hydrogen (secondary N) is 1. The molecule has 1 aromatic heterocycles. The molecule has 1 aliphatic carbocycles. The molecule has 18 heavy (non-hydrogen) atoms. The van der Waals surface area contributed by atoms with Crippen molar-refractivity contribution in [3.8, 4) is 5.88 Å². The largest absolute Gasteiger partial charge is 0.481 e. The van der Waals surface area contributed by atoms with Gasteiger partial charge in [-0.3, -0.25) is 5.84 Å².